The van der Waals surface area contributed by atoms with E-state index in [4.69, 9.17) is 14.2 Å². The van der Waals surface area contributed by atoms with Gasteiger partial charge in [-0.05, 0) is 38.2 Å². The molecule has 1 spiro atoms. The molecular formula is C35H49N3O8. The average Bonchev–Trinajstić information content (AvgIpc) is 3.69. The maximum absolute atomic E-state index is 14.3. The van der Waals surface area contributed by atoms with Crippen LogP contribution in [0.5, 0.6) is 0 Å². The highest BCUT2D eigenvalue weighted by Crippen LogP contribution is 2.59. The summed E-state index contributed by atoms with van der Waals surface area (Å²) in [5, 5.41) is 12.9. The molecule has 1 unspecified atom stereocenters. The van der Waals surface area contributed by atoms with E-state index in [9.17, 15) is 24.3 Å². The number of benzene rings is 1. The minimum absolute atomic E-state index is 0.0628. The van der Waals surface area contributed by atoms with Crippen LogP contribution >= 0.6 is 0 Å². The predicted molar refractivity (Wildman–Crippen MR) is 171 cm³/mol. The summed E-state index contributed by atoms with van der Waals surface area (Å²) in [6, 6.07) is 7.26. The topological polar surface area (TPSA) is 135 Å². The predicted octanol–water partition coefficient (Wildman–Crippen LogP) is 2.94. The normalized spacial score (nSPS) is 26.6. The van der Waals surface area contributed by atoms with Crippen molar-refractivity contribution in [1.82, 2.24) is 15.1 Å². The molecule has 3 heterocycles. The fourth-order valence-corrected chi connectivity index (χ4v) is 7.53. The number of β-amino-alcohol motifs (C(OH)–C–C–N with tert-alkyl or cyclic N) is 1. The summed E-state index contributed by atoms with van der Waals surface area (Å²) in [5.41, 5.74) is -0.575. The third-order valence-corrected chi connectivity index (χ3v) is 9.50. The number of aliphatic hydroxyl groups is 1. The summed E-state index contributed by atoms with van der Waals surface area (Å²) >= 11 is 0. The van der Waals surface area contributed by atoms with Crippen LogP contribution in [0.2, 0.25) is 0 Å². The van der Waals surface area contributed by atoms with Gasteiger partial charge >= 0.3 is 5.97 Å². The van der Waals surface area contributed by atoms with Crippen molar-refractivity contribution in [3.8, 4) is 0 Å². The first-order valence-electron chi connectivity index (χ1n) is 16.3. The molecule has 46 heavy (non-hydrogen) atoms. The molecule has 8 atom stereocenters. The van der Waals surface area contributed by atoms with E-state index in [1.54, 1.807) is 29.2 Å². The minimum Gasteiger partial charge on any atom is -0.455 e. The monoisotopic (exact) mass is 639 g/mol. The minimum atomic E-state index is -1.23. The van der Waals surface area contributed by atoms with Crippen LogP contribution < -0.4 is 5.32 Å². The maximum Gasteiger partial charge on any atom is 0.313 e. The maximum atomic E-state index is 14.3. The van der Waals surface area contributed by atoms with Crippen molar-refractivity contribution in [2.75, 3.05) is 33.4 Å². The third-order valence-electron chi connectivity index (χ3n) is 9.50. The summed E-state index contributed by atoms with van der Waals surface area (Å²) in [6.45, 7) is 11.5. The lowest BCUT2D eigenvalue weighted by Crippen LogP contribution is -2.58. The van der Waals surface area contributed by atoms with E-state index in [-0.39, 0.29) is 44.0 Å². The van der Waals surface area contributed by atoms with Gasteiger partial charge in [0.2, 0.25) is 17.7 Å². The zero-order chi connectivity index (χ0) is 33.4. The number of likely N-dealkylation sites (tertiary alicyclic amines) is 1. The van der Waals surface area contributed by atoms with Crippen molar-refractivity contribution in [3.05, 3.63) is 61.2 Å². The van der Waals surface area contributed by atoms with E-state index in [0.717, 1.165) is 12.8 Å². The Morgan fingerprint density at radius 3 is 2.61 bits per heavy atom. The molecule has 3 aliphatic heterocycles. The molecule has 0 aromatic heterocycles. The van der Waals surface area contributed by atoms with E-state index < -0.39 is 53.6 Å². The third kappa shape index (κ3) is 6.91. The first-order chi connectivity index (χ1) is 22.2. The van der Waals surface area contributed by atoms with Gasteiger partial charge in [-0.3, -0.25) is 19.2 Å². The molecule has 0 aliphatic carbocycles. The van der Waals surface area contributed by atoms with Gasteiger partial charge in [-0.2, -0.15) is 0 Å². The van der Waals surface area contributed by atoms with Crippen LogP contribution in [0.3, 0.4) is 0 Å². The van der Waals surface area contributed by atoms with Gasteiger partial charge in [0.05, 0.1) is 37.2 Å². The lowest BCUT2D eigenvalue weighted by atomic mass is 9.70. The van der Waals surface area contributed by atoms with E-state index in [2.05, 4.69) is 18.5 Å². The summed E-state index contributed by atoms with van der Waals surface area (Å²) in [6.07, 6.45) is 5.02. The number of methoxy groups -OCH3 is 1. The first-order valence-corrected chi connectivity index (χ1v) is 16.3. The average molecular weight is 640 g/mol. The molecule has 0 saturated carbocycles. The molecule has 3 saturated heterocycles. The van der Waals surface area contributed by atoms with Gasteiger partial charge in [0.1, 0.15) is 17.7 Å². The zero-order valence-corrected chi connectivity index (χ0v) is 27.3. The van der Waals surface area contributed by atoms with Crippen molar-refractivity contribution < 1.29 is 38.5 Å². The van der Waals surface area contributed by atoms with Crippen molar-refractivity contribution in [2.24, 2.45) is 11.8 Å². The Hall–Kier alpha value is -3.54. The molecule has 11 heteroatoms. The number of carbonyl (C=O) groups is 4. The van der Waals surface area contributed by atoms with Crippen LogP contribution in [-0.4, -0.2) is 102 Å². The summed E-state index contributed by atoms with van der Waals surface area (Å²) in [4.78, 5) is 58.6. The number of hydrogen-bond acceptors (Lipinski definition) is 8. The Morgan fingerprint density at radius 2 is 1.98 bits per heavy atom. The van der Waals surface area contributed by atoms with Crippen LogP contribution in [0.15, 0.2) is 55.6 Å². The number of nitrogens with one attached hydrogen (secondary N) is 1. The van der Waals surface area contributed by atoms with E-state index >= 15 is 0 Å². The number of fused-ring (bicyclic) bond motifs is 1. The number of aliphatic hydroxyl groups excluding tert-OH is 1. The van der Waals surface area contributed by atoms with Crippen LogP contribution in [0.4, 0.5) is 0 Å². The second-order valence-electron chi connectivity index (χ2n) is 12.5. The largest absolute Gasteiger partial charge is 0.455 e. The molecule has 4 rings (SSSR count). The lowest BCUT2D eigenvalue weighted by Gasteiger charge is -2.38. The molecule has 0 radical (unpaired) electrons. The Bertz CT molecular complexity index is 1260. The molecule has 1 aromatic carbocycles. The number of esters is 1. The van der Waals surface area contributed by atoms with Crippen LogP contribution in [0, 0.1) is 11.8 Å². The molecule has 2 N–H and O–H groups in total. The first kappa shape index (κ1) is 35.3. The number of carbonyl (C=O) groups excluding carboxylic acids is 4. The van der Waals surface area contributed by atoms with E-state index in [0.29, 0.717) is 31.4 Å². The quantitative estimate of drug-likeness (QED) is 0.185. The molecule has 3 aliphatic rings. The van der Waals surface area contributed by atoms with E-state index in [1.807, 2.05) is 32.0 Å². The molecule has 2 bridgehead atoms. The molecule has 1 aromatic rings. The molecule has 252 valence electrons. The highest BCUT2D eigenvalue weighted by molar-refractivity contribution is 5.98. The van der Waals surface area contributed by atoms with Crippen LogP contribution in [0.25, 0.3) is 0 Å². The smallest absolute Gasteiger partial charge is 0.313 e. The number of rotatable bonds is 18. The van der Waals surface area contributed by atoms with Gasteiger partial charge in [-0.1, -0.05) is 55.8 Å². The molecule has 3 amide bonds. The van der Waals surface area contributed by atoms with Gasteiger partial charge < -0.3 is 34.4 Å². The summed E-state index contributed by atoms with van der Waals surface area (Å²) in [5.74, 6) is -3.48. The van der Waals surface area contributed by atoms with E-state index in [1.165, 1.54) is 12.0 Å². The number of hydrogen-bond donors (Lipinski definition) is 2. The molecule has 11 nitrogen and oxygen atoms in total. The number of allylic oxidation sites excluding steroid dienone is 1. The van der Waals surface area contributed by atoms with Crippen molar-refractivity contribution in [3.63, 3.8) is 0 Å². The van der Waals surface area contributed by atoms with Gasteiger partial charge in [-0.15, -0.1) is 13.2 Å². The van der Waals surface area contributed by atoms with Gasteiger partial charge in [0, 0.05) is 32.7 Å². The SMILES string of the molecule is C=CCCC(=O)N[C@H](COC)[C@H](OC(=O)[C@@H]1[C@H]2C(=O)N(CCO)[C@H](C(=O)N(CC=C)C(C)CCC)[C@]23CC[C@H]1O3)c1ccccc1. The van der Waals surface area contributed by atoms with Crippen LogP contribution in [0.1, 0.15) is 64.0 Å². The number of ether oxygens (including phenoxy) is 3. The Labute approximate surface area is 271 Å². The number of amides is 3. The highest BCUT2D eigenvalue weighted by Gasteiger charge is 2.75. The number of nitrogens with zero attached hydrogens (tertiary/aromatic N) is 2. The fourth-order valence-electron chi connectivity index (χ4n) is 7.53. The van der Waals surface area contributed by atoms with Crippen molar-refractivity contribution in [2.45, 2.75) is 88.3 Å². The standard InChI is InChI=1S/C35H49N3O8/c1-6-9-16-27(40)36-25(22-44-5)30(24-14-11-10-12-15-24)45-34(43)28-26-17-18-35(46-26)29(28)32(41)38(20-21-39)31(35)33(42)37(19-8-3)23(4)13-7-2/h6,8,10-12,14-15,23,25-26,28-31,39H,1,3,7,9,13,16-22H2,2,4-5H3,(H,36,40)/t23?,25-,26-,28+,29+,30-,31-,35+/m1/s1. The second kappa shape index (κ2) is 15.8. The second-order valence-corrected chi connectivity index (χ2v) is 12.5. The van der Waals surface area contributed by atoms with Gasteiger partial charge in [0.15, 0.2) is 0 Å². The zero-order valence-electron chi connectivity index (χ0n) is 27.3. The van der Waals surface area contributed by atoms with Crippen LogP contribution in [-0.2, 0) is 33.4 Å². The van der Waals surface area contributed by atoms with Gasteiger partial charge in [-0.25, -0.2) is 0 Å². The molecular weight excluding hydrogens is 590 g/mol. The van der Waals surface area contributed by atoms with Gasteiger partial charge in [0.25, 0.3) is 0 Å². The summed E-state index contributed by atoms with van der Waals surface area (Å²) < 4.78 is 18.2. The summed E-state index contributed by atoms with van der Waals surface area (Å²) in [7, 11) is 1.50. The van der Waals surface area contributed by atoms with Crippen molar-refractivity contribution in [1.29, 1.82) is 0 Å². The Morgan fingerprint density at radius 1 is 1.24 bits per heavy atom. The lowest BCUT2D eigenvalue weighted by molar-refractivity contribution is -0.163. The Kier molecular flexibility index (Phi) is 12.2. The van der Waals surface area contributed by atoms with Crippen molar-refractivity contribution >= 4 is 23.7 Å². The highest BCUT2D eigenvalue weighted by atomic mass is 16.6. The molecule has 3 fully saturated rings. The fraction of sp³-hybridized carbons (Fsp3) is 0.600. The Balaban J connectivity index is 1.67.